The van der Waals surface area contributed by atoms with Crippen molar-refractivity contribution in [3.05, 3.63) is 59.2 Å². The van der Waals surface area contributed by atoms with Gasteiger partial charge in [0.2, 0.25) is 5.91 Å². The topological polar surface area (TPSA) is 50.2 Å². The Morgan fingerprint density at radius 3 is 2.85 bits per heavy atom. The highest BCUT2D eigenvalue weighted by Crippen LogP contribution is 2.23. The van der Waals surface area contributed by atoms with E-state index in [-0.39, 0.29) is 11.7 Å². The van der Waals surface area contributed by atoms with Gasteiger partial charge in [-0.25, -0.2) is 4.39 Å². The van der Waals surface area contributed by atoms with Crippen molar-refractivity contribution in [1.29, 1.82) is 0 Å². The molecule has 2 aliphatic heterocycles. The molecule has 2 aliphatic rings. The van der Waals surface area contributed by atoms with E-state index in [0.29, 0.717) is 25.9 Å². The van der Waals surface area contributed by atoms with Crippen LogP contribution in [0, 0.1) is 5.82 Å². The van der Waals surface area contributed by atoms with Gasteiger partial charge in [0.15, 0.2) is 0 Å². The lowest BCUT2D eigenvalue weighted by Gasteiger charge is -2.26. The molecule has 1 N–H and O–H groups in total. The average Bonchev–Trinajstić information content (AvgIpc) is 2.96. The summed E-state index contributed by atoms with van der Waals surface area (Å²) in [7, 11) is 0. The molecule has 142 valence electrons. The van der Waals surface area contributed by atoms with Crippen LogP contribution in [0.2, 0.25) is 0 Å². The predicted molar refractivity (Wildman–Crippen MR) is 102 cm³/mol. The lowest BCUT2D eigenvalue weighted by atomic mass is 9.99. The maximum Gasteiger partial charge on any atom is 0.223 e. The van der Waals surface area contributed by atoms with Crippen LogP contribution < -0.4 is 5.32 Å². The summed E-state index contributed by atoms with van der Waals surface area (Å²) in [6, 6.07) is 8.69. The standard InChI is InChI=1S/C21H25FN4O/c22-18-4-2-16(3-5-18)17-8-12-25(13-9-17)21(27)7-6-19-14-20-15-23-10-1-11-26(20)24-19/h2-5,8,14,23H,1,6-7,9-13,15H2. The highest BCUT2D eigenvalue weighted by Gasteiger charge is 2.19. The zero-order valence-corrected chi connectivity index (χ0v) is 15.5. The van der Waals surface area contributed by atoms with Crippen LogP contribution in [0.4, 0.5) is 4.39 Å². The largest absolute Gasteiger partial charge is 0.339 e. The summed E-state index contributed by atoms with van der Waals surface area (Å²) in [5, 5.41) is 8.04. The molecule has 0 atom stereocenters. The van der Waals surface area contributed by atoms with E-state index < -0.39 is 0 Å². The van der Waals surface area contributed by atoms with Crippen molar-refractivity contribution in [1.82, 2.24) is 20.0 Å². The van der Waals surface area contributed by atoms with Crippen molar-refractivity contribution < 1.29 is 9.18 Å². The molecule has 0 unspecified atom stereocenters. The molecule has 3 heterocycles. The molecule has 1 amide bonds. The van der Waals surface area contributed by atoms with Gasteiger partial charge in [-0.3, -0.25) is 9.48 Å². The summed E-state index contributed by atoms with van der Waals surface area (Å²) < 4.78 is 15.1. The van der Waals surface area contributed by atoms with Crippen molar-refractivity contribution in [3.63, 3.8) is 0 Å². The van der Waals surface area contributed by atoms with Crippen LogP contribution >= 0.6 is 0 Å². The first kappa shape index (κ1) is 17.9. The van der Waals surface area contributed by atoms with E-state index >= 15 is 0 Å². The SMILES string of the molecule is O=C(CCc1cc2n(n1)CCCNC2)N1CC=C(c2ccc(F)cc2)CC1. The summed E-state index contributed by atoms with van der Waals surface area (Å²) >= 11 is 0. The van der Waals surface area contributed by atoms with E-state index in [2.05, 4.69) is 27.2 Å². The Morgan fingerprint density at radius 1 is 1.22 bits per heavy atom. The number of carbonyl (C=O) groups is 1. The maximum atomic E-state index is 13.1. The Labute approximate surface area is 158 Å². The lowest BCUT2D eigenvalue weighted by molar-refractivity contribution is -0.130. The molecule has 4 rings (SSSR count). The van der Waals surface area contributed by atoms with Gasteiger partial charge in [-0.2, -0.15) is 5.10 Å². The van der Waals surface area contributed by atoms with E-state index in [1.54, 1.807) is 12.1 Å². The molecule has 0 saturated carbocycles. The van der Waals surface area contributed by atoms with Gasteiger partial charge in [0.25, 0.3) is 0 Å². The minimum atomic E-state index is -0.223. The molecule has 27 heavy (non-hydrogen) atoms. The van der Waals surface area contributed by atoms with E-state index in [1.165, 1.54) is 23.4 Å². The van der Waals surface area contributed by atoms with Crippen molar-refractivity contribution in [2.75, 3.05) is 19.6 Å². The summed E-state index contributed by atoms with van der Waals surface area (Å²) in [4.78, 5) is 14.5. The third-order valence-corrected chi connectivity index (χ3v) is 5.32. The number of benzene rings is 1. The second kappa shape index (κ2) is 8.05. The van der Waals surface area contributed by atoms with Gasteiger partial charge in [0.05, 0.1) is 11.4 Å². The molecule has 0 saturated heterocycles. The van der Waals surface area contributed by atoms with Gasteiger partial charge in [-0.1, -0.05) is 18.2 Å². The number of hydrogen-bond donors (Lipinski definition) is 1. The van der Waals surface area contributed by atoms with Crippen LogP contribution in [0.15, 0.2) is 36.4 Å². The third kappa shape index (κ3) is 4.27. The van der Waals surface area contributed by atoms with E-state index in [0.717, 1.165) is 43.7 Å². The van der Waals surface area contributed by atoms with Gasteiger partial charge in [0.1, 0.15) is 5.82 Å². The number of amides is 1. The summed E-state index contributed by atoms with van der Waals surface area (Å²) in [5.74, 6) is -0.0509. The second-order valence-corrected chi connectivity index (χ2v) is 7.21. The first-order chi connectivity index (χ1) is 13.2. The van der Waals surface area contributed by atoms with Crippen LogP contribution in [0.25, 0.3) is 5.57 Å². The maximum absolute atomic E-state index is 13.1. The van der Waals surface area contributed by atoms with Crippen LogP contribution in [-0.4, -0.2) is 40.2 Å². The molecule has 2 aromatic rings. The average molecular weight is 368 g/mol. The molecular formula is C21H25FN4O. The van der Waals surface area contributed by atoms with E-state index in [1.807, 2.05) is 4.90 Å². The van der Waals surface area contributed by atoms with Crippen LogP contribution in [0.1, 0.15) is 36.2 Å². The number of aromatic nitrogens is 2. The molecule has 0 bridgehead atoms. The number of nitrogens with one attached hydrogen (secondary N) is 1. The number of halogens is 1. The Balaban J connectivity index is 1.31. The van der Waals surface area contributed by atoms with E-state index in [9.17, 15) is 9.18 Å². The Kier molecular flexibility index (Phi) is 5.34. The molecule has 1 aromatic heterocycles. The predicted octanol–water partition coefficient (Wildman–Crippen LogP) is 2.76. The molecule has 0 aliphatic carbocycles. The van der Waals surface area contributed by atoms with Crippen LogP contribution in [0.5, 0.6) is 0 Å². The number of hydrogen-bond acceptors (Lipinski definition) is 3. The molecule has 0 radical (unpaired) electrons. The van der Waals surface area contributed by atoms with Crippen molar-refractivity contribution in [2.24, 2.45) is 0 Å². The Bertz CT molecular complexity index is 817. The number of carbonyl (C=O) groups excluding carboxylic acids is 1. The molecule has 5 nitrogen and oxygen atoms in total. The lowest BCUT2D eigenvalue weighted by Crippen LogP contribution is -2.34. The number of rotatable bonds is 4. The van der Waals surface area contributed by atoms with Crippen molar-refractivity contribution >= 4 is 11.5 Å². The smallest absolute Gasteiger partial charge is 0.223 e. The number of aryl methyl sites for hydroxylation is 2. The van der Waals surface area contributed by atoms with Gasteiger partial charge < -0.3 is 10.2 Å². The highest BCUT2D eigenvalue weighted by molar-refractivity contribution is 5.78. The van der Waals surface area contributed by atoms with Crippen molar-refractivity contribution in [2.45, 2.75) is 38.8 Å². The summed E-state index contributed by atoms with van der Waals surface area (Å²) in [6.07, 6.45) is 5.15. The molecule has 0 spiro atoms. The highest BCUT2D eigenvalue weighted by atomic mass is 19.1. The van der Waals surface area contributed by atoms with Crippen LogP contribution in [-0.2, 0) is 24.3 Å². The minimum absolute atomic E-state index is 0.172. The van der Waals surface area contributed by atoms with Crippen LogP contribution in [0.3, 0.4) is 0 Å². The van der Waals surface area contributed by atoms with Gasteiger partial charge >= 0.3 is 0 Å². The fourth-order valence-corrected chi connectivity index (χ4v) is 3.76. The third-order valence-electron chi connectivity index (χ3n) is 5.32. The van der Waals surface area contributed by atoms with Gasteiger partial charge in [-0.15, -0.1) is 0 Å². The Morgan fingerprint density at radius 2 is 2.07 bits per heavy atom. The molecule has 1 aromatic carbocycles. The number of nitrogens with zero attached hydrogens (tertiary/aromatic N) is 3. The normalized spacial score (nSPS) is 17.2. The molecule has 6 heteroatoms. The monoisotopic (exact) mass is 368 g/mol. The summed E-state index contributed by atoms with van der Waals surface area (Å²) in [5.41, 5.74) is 4.43. The number of fused-ring (bicyclic) bond motifs is 1. The summed E-state index contributed by atoms with van der Waals surface area (Å²) in [6.45, 7) is 4.16. The van der Waals surface area contributed by atoms with Gasteiger partial charge in [0, 0.05) is 39.0 Å². The first-order valence-corrected chi connectivity index (χ1v) is 9.68. The quantitative estimate of drug-likeness (QED) is 0.903. The zero-order chi connectivity index (χ0) is 18.6. The fourth-order valence-electron chi connectivity index (χ4n) is 3.76. The second-order valence-electron chi connectivity index (χ2n) is 7.21. The van der Waals surface area contributed by atoms with Crippen molar-refractivity contribution in [3.8, 4) is 0 Å². The first-order valence-electron chi connectivity index (χ1n) is 9.68. The van der Waals surface area contributed by atoms with E-state index in [4.69, 9.17) is 0 Å². The Hall–Kier alpha value is -2.47. The zero-order valence-electron chi connectivity index (χ0n) is 15.5. The fraction of sp³-hybridized carbons (Fsp3) is 0.429. The van der Waals surface area contributed by atoms with Gasteiger partial charge in [-0.05, 0) is 48.7 Å². The molecular weight excluding hydrogens is 343 g/mol. The minimum Gasteiger partial charge on any atom is -0.339 e. The molecule has 0 fully saturated rings.